The van der Waals surface area contributed by atoms with Gasteiger partial charge in [0, 0.05) is 10.0 Å². The molecule has 0 unspecified atom stereocenters. The first kappa shape index (κ1) is 17.6. The molecule has 0 N–H and O–H groups in total. The molecule has 0 saturated carbocycles. The molecular formula is C16H11Cl2F3O2. The average molecular weight is 363 g/mol. The fourth-order valence-electron chi connectivity index (χ4n) is 2.06. The van der Waals surface area contributed by atoms with Crippen LogP contribution in [0.5, 0.6) is 0 Å². The molecule has 0 heterocycles. The second-order valence-electron chi connectivity index (χ2n) is 4.93. The third-order valence-electron chi connectivity index (χ3n) is 3.32. The molecule has 7 heteroatoms. The Morgan fingerprint density at radius 2 is 1.22 bits per heavy atom. The highest BCUT2D eigenvalue weighted by molar-refractivity contribution is 6.30. The lowest BCUT2D eigenvalue weighted by atomic mass is 9.88. The minimum atomic E-state index is -5.10. The Bertz CT molecular complexity index is 649. The highest BCUT2D eigenvalue weighted by Crippen LogP contribution is 2.36. The smallest absolute Gasteiger partial charge is 0.443 e. The fourth-order valence-corrected chi connectivity index (χ4v) is 2.32. The number of carbonyl (C=O) groups excluding carboxylic acids is 1. The second kappa shape index (κ2) is 6.42. The van der Waals surface area contributed by atoms with E-state index >= 15 is 0 Å². The van der Waals surface area contributed by atoms with Crippen molar-refractivity contribution in [1.29, 1.82) is 0 Å². The van der Waals surface area contributed by atoms with Gasteiger partial charge >= 0.3 is 12.1 Å². The van der Waals surface area contributed by atoms with Crippen LogP contribution in [0, 0.1) is 0 Å². The third kappa shape index (κ3) is 3.98. The molecule has 0 amide bonds. The first-order valence-corrected chi connectivity index (χ1v) is 7.21. The topological polar surface area (TPSA) is 26.3 Å². The summed E-state index contributed by atoms with van der Waals surface area (Å²) in [7, 11) is 0. The van der Waals surface area contributed by atoms with Gasteiger partial charge < -0.3 is 4.74 Å². The van der Waals surface area contributed by atoms with Crippen LogP contribution in [0.2, 0.25) is 10.0 Å². The fraction of sp³-hybridized carbons (Fsp3) is 0.188. The number of alkyl halides is 3. The molecule has 0 aromatic heterocycles. The van der Waals surface area contributed by atoms with E-state index in [4.69, 9.17) is 27.9 Å². The summed E-state index contributed by atoms with van der Waals surface area (Å²) >= 11 is 11.6. The van der Waals surface area contributed by atoms with Crippen LogP contribution in [-0.4, -0.2) is 12.1 Å². The van der Waals surface area contributed by atoms with E-state index in [9.17, 15) is 18.0 Å². The normalized spacial score (nSPS) is 12.1. The van der Waals surface area contributed by atoms with E-state index in [2.05, 4.69) is 0 Å². The molecule has 2 aromatic carbocycles. The van der Waals surface area contributed by atoms with Crippen molar-refractivity contribution in [1.82, 2.24) is 0 Å². The van der Waals surface area contributed by atoms with Crippen LogP contribution < -0.4 is 0 Å². The van der Waals surface area contributed by atoms with E-state index in [-0.39, 0.29) is 0 Å². The van der Waals surface area contributed by atoms with Gasteiger partial charge in [-0.15, -0.1) is 0 Å². The van der Waals surface area contributed by atoms with Gasteiger partial charge in [0.05, 0.1) is 0 Å². The van der Waals surface area contributed by atoms with Crippen LogP contribution in [0.25, 0.3) is 0 Å². The predicted octanol–water partition coefficient (Wildman–Crippen LogP) is 5.36. The largest absolute Gasteiger partial charge is 0.490 e. The lowest BCUT2D eigenvalue weighted by molar-refractivity contribution is -0.210. The van der Waals surface area contributed by atoms with Gasteiger partial charge in [0.15, 0.2) is 5.60 Å². The van der Waals surface area contributed by atoms with Gasteiger partial charge in [-0.05, 0) is 42.3 Å². The molecular weight excluding hydrogens is 352 g/mol. The summed E-state index contributed by atoms with van der Waals surface area (Å²) in [5, 5.41) is 0.823. The van der Waals surface area contributed by atoms with E-state index in [1.54, 1.807) is 0 Å². The Labute approximate surface area is 140 Å². The number of esters is 1. The molecule has 0 spiro atoms. The number of halogens is 5. The van der Waals surface area contributed by atoms with Gasteiger partial charge in [0.2, 0.25) is 0 Å². The lowest BCUT2D eigenvalue weighted by Crippen LogP contribution is -2.36. The van der Waals surface area contributed by atoms with Gasteiger partial charge in [0.1, 0.15) is 0 Å². The van der Waals surface area contributed by atoms with Crippen LogP contribution >= 0.6 is 23.2 Å². The van der Waals surface area contributed by atoms with Crippen LogP contribution in [0.4, 0.5) is 13.2 Å². The molecule has 0 radical (unpaired) electrons. The molecule has 0 bridgehead atoms. The van der Waals surface area contributed by atoms with Gasteiger partial charge in [-0.2, -0.15) is 13.2 Å². The highest BCUT2D eigenvalue weighted by atomic mass is 35.5. The molecule has 122 valence electrons. The first-order valence-electron chi connectivity index (χ1n) is 6.45. The van der Waals surface area contributed by atoms with Crippen LogP contribution in [0.1, 0.15) is 18.1 Å². The molecule has 0 fully saturated rings. The van der Waals surface area contributed by atoms with Gasteiger partial charge in [-0.25, -0.2) is 4.79 Å². The number of rotatable bonds is 3. The minimum Gasteiger partial charge on any atom is -0.443 e. The van der Waals surface area contributed by atoms with Crippen molar-refractivity contribution in [3.8, 4) is 0 Å². The summed E-state index contributed by atoms with van der Waals surface area (Å²) in [4.78, 5) is 11.4. The van der Waals surface area contributed by atoms with Crippen molar-refractivity contribution in [3.63, 3.8) is 0 Å². The Morgan fingerprint density at radius 1 is 0.870 bits per heavy atom. The number of carbonyl (C=O) groups is 1. The van der Waals surface area contributed by atoms with Crippen molar-refractivity contribution >= 4 is 29.2 Å². The van der Waals surface area contributed by atoms with Crippen LogP contribution in [0.15, 0.2) is 48.5 Å². The maximum absolute atomic E-state index is 12.6. The number of ether oxygens (including phenoxy) is 1. The molecule has 0 atom stereocenters. The van der Waals surface area contributed by atoms with Crippen LogP contribution in [0.3, 0.4) is 0 Å². The van der Waals surface area contributed by atoms with Crippen molar-refractivity contribution < 1.29 is 22.7 Å². The standard InChI is InChI=1S/C16H11Cl2F3O2/c1-15(23-14(22)16(19,20)21,10-2-6-12(17)7-3-10)11-4-8-13(18)9-5-11/h2-9H,1H3. The maximum Gasteiger partial charge on any atom is 0.490 e. The van der Waals surface area contributed by atoms with E-state index in [1.165, 1.54) is 55.5 Å². The lowest BCUT2D eigenvalue weighted by Gasteiger charge is -2.31. The summed E-state index contributed by atoms with van der Waals surface area (Å²) in [6.07, 6.45) is -5.10. The molecule has 0 aliphatic heterocycles. The van der Waals surface area contributed by atoms with Crippen molar-refractivity contribution in [2.24, 2.45) is 0 Å². The number of hydrogen-bond acceptors (Lipinski definition) is 2. The maximum atomic E-state index is 12.6. The van der Waals surface area contributed by atoms with Crippen molar-refractivity contribution in [2.75, 3.05) is 0 Å². The van der Waals surface area contributed by atoms with Gasteiger partial charge in [0.25, 0.3) is 0 Å². The zero-order valence-corrected chi connectivity index (χ0v) is 13.3. The van der Waals surface area contributed by atoms with Gasteiger partial charge in [-0.3, -0.25) is 0 Å². The summed E-state index contributed by atoms with van der Waals surface area (Å²) in [5.41, 5.74) is -0.939. The summed E-state index contributed by atoms with van der Waals surface area (Å²) in [6.45, 7) is 1.38. The first-order chi connectivity index (χ1) is 10.6. The number of benzene rings is 2. The quantitative estimate of drug-likeness (QED) is 0.686. The molecule has 0 aliphatic carbocycles. The molecule has 2 aromatic rings. The minimum absolute atomic E-state index is 0.349. The third-order valence-corrected chi connectivity index (χ3v) is 3.82. The van der Waals surface area contributed by atoms with Crippen LogP contribution in [-0.2, 0) is 15.1 Å². The van der Waals surface area contributed by atoms with Crippen molar-refractivity contribution in [3.05, 3.63) is 69.7 Å². The summed E-state index contributed by atoms with van der Waals surface area (Å²) in [5.74, 6) is -2.27. The van der Waals surface area contributed by atoms with E-state index in [1.807, 2.05) is 0 Å². The van der Waals surface area contributed by atoms with E-state index in [0.29, 0.717) is 21.2 Å². The summed E-state index contributed by atoms with van der Waals surface area (Å²) < 4.78 is 42.7. The van der Waals surface area contributed by atoms with E-state index < -0.39 is 17.7 Å². The Balaban J connectivity index is 2.52. The predicted molar refractivity (Wildman–Crippen MR) is 81.5 cm³/mol. The van der Waals surface area contributed by atoms with Gasteiger partial charge in [-0.1, -0.05) is 47.5 Å². The molecule has 0 saturated heterocycles. The molecule has 23 heavy (non-hydrogen) atoms. The summed E-state index contributed by atoms with van der Waals surface area (Å²) in [6, 6.07) is 12.0. The highest BCUT2D eigenvalue weighted by Gasteiger charge is 2.46. The van der Waals surface area contributed by atoms with Crippen molar-refractivity contribution in [2.45, 2.75) is 18.7 Å². The zero-order valence-electron chi connectivity index (χ0n) is 11.8. The second-order valence-corrected chi connectivity index (χ2v) is 5.81. The molecule has 2 rings (SSSR count). The Hall–Kier alpha value is -1.72. The number of hydrogen-bond donors (Lipinski definition) is 0. The van der Waals surface area contributed by atoms with E-state index in [0.717, 1.165) is 0 Å². The molecule has 2 nitrogen and oxygen atoms in total. The Morgan fingerprint density at radius 3 is 1.52 bits per heavy atom. The monoisotopic (exact) mass is 362 g/mol. The Kier molecular flexibility index (Phi) is 4.92. The SMILES string of the molecule is CC(OC(=O)C(F)(F)F)(c1ccc(Cl)cc1)c1ccc(Cl)cc1. The molecule has 0 aliphatic rings. The average Bonchev–Trinajstić information content (AvgIpc) is 2.47. The zero-order chi connectivity index (χ0) is 17.3.